The summed E-state index contributed by atoms with van der Waals surface area (Å²) >= 11 is 6.05. The monoisotopic (exact) mass is 252 g/mol. The standard InChI is InChI=1S/C12H25ClO3/c1-4-12(11(2)13)5-6-15-9-10-16-8-7-14-3/h11-12H,4-10H2,1-3H3. The maximum absolute atomic E-state index is 6.05. The van der Waals surface area contributed by atoms with Crippen molar-refractivity contribution in [3.05, 3.63) is 0 Å². The molecule has 0 aliphatic rings. The molecule has 0 heterocycles. The Kier molecular flexibility index (Phi) is 11.8. The number of alkyl halides is 1. The van der Waals surface area contributed by atoms with E-state index in [2.05, 4.69) is 6.92 Å². The average molecular weight is 253 g/mol. The first-order valence-electron chi connectivity index (χ1n) is 6.00. The molecule has 0 aromatic rings. The van der Waals surface area contributed by atoms with Crippen LogP contribution in [0.25, 0.3) is 0 Å². The highest BCUT2D eigenvalue weighted by atomic mass is 35.5. The molecule has 0 aliphatic carbocycles. The molecule has 3 nitrogen and oxygen atoms in total. The van der Waals surface area contributed by atoms with E-state index in [1.165, 1.54) is 0 Å². The number of ether oxygens (including phenoxy) is 3. The zero-order valence-electron chi connectivity index (χ0n) is 10.7. The zero-order valence-corrected chi connectivity index (χ0v) is 11.5. The van der Waals surface area contributed by atoms with Crippen molar-refractivity contribution >= 4 is 11.6 Å². The second kappa shape index (κ2) is 11.6. The molecule has 0 aliphatic heterocycles. The predicted octanol–water partition coefficient (Wildman–Crippen LogP) is 2.71. The third-order valence-corrected chi connectivity index (χ3v) is 2.97. The molecule has 0 rings (SSSR count). The van der Waals surface area contributed by atoms with Crippen LogP contribution in [0, 0.1) is 5.92 Å². The van der Waals surface area contributed by atoms with Gasteiger partial charge in [0.25, 0.3) is 0 Å². The van der Waals surface area contributed by atoms with Crippen molar-refractivity contribution in [1.82, 2.24) is 0 Å². The van der Waals surface area contributed by atoms with Gasteiger partial charge in [-0.25, -0.2) is 0 Å². The summed E-state index contributed by atoms with van der Waals surface area (Å²) in [6, 6.07) is 0. The largest absolute Gasteiger partial charge is 0.382 e. The Morgan fingerprint density at radius 1 is 1.00 bits per heavy atom. The van der Waals surface area contributed by atoms with Crippen molar-refractivity contribution < 1.29 is 14.2 Å². The lowest BCUT2D eigenvalue weighted by atomic mass is 10.00. The van der Waals surface area contributed by atoms with Gasteiger partial charge in [0.2, 0.25) is 0 Å². The number of rotatable bonds is 11. The second-order valence-corrected chi connectivity index (χ2v) is 4.54. The fourth-order valence-corrected chi connectivity index (χ4v) is 1.76. The van der Waals surface area contributed by atoms with Crippen molar-refractivity contribution in [2.24, 2.45) is 5.92 Å². The fraction of sp³-hybridized carbons (Fsp3) is 1.00. The van der Waals surface area contributed by atoms with Gasteiger partial charge in [0.1, 0.15) is 0 Å². The fourth-order valence-electron chi connectivity index (χ4n) is 1.46. The summed E-state index contributed by atoms with van der Waals surface area (Å²) in [6.07, 6.45) is 2.14. The molecule has 0 saturated heterocycles. The molecule has 0 aromatic carbocycles. The Bertz CT molecular complexity index is 142. The summed E-state index contributed by atoms with van der Waals surface area (Å²) in [4.78, 5) is 0. The Hall–Kier alpha value is 0.170. The molecule has 2 atom stereocenters. The molecular formula is C12H25ClO3. The molecule has 0 spiro atoms. The third-order valence-electron chi connectivity index (χ3n) is 2.61. The van der Waals surface area contributed by atoms with E-state index < -0.39 is 0 Å². The van der Waals surface area contributed by atoms with Gasteiger partial charge >= 0.3 is 0 Å². The van der Waals surface area contributed by atoms with Crippen LogP contribution in [0.5, 0.6) is 0 Å². The minimum Gasteiger partial charge on any atom is -0.382 e. The molecule has 0 N–H and O–H groups in total. The average Bonchev–Trinajstić information content (AvgIpc) is 2.26. The smallest absolute Gasteiger partial charge is 0.0701 e. The van der Waals surface area contributed by atoms with E-state index in [-0.39, 0.29) is 5.38 Å². The second-order valence-electron chi connectivity index (χ2n) is 3.85. The van der Waals surface area contributed by atoms with Crippen LogP contribution in [0.4, 0.5) is 0 Å². The molecule has 4 heteroatoms. The first-order chi connectivity index (χ1) is 7.72. The van der Waals surface area contributed by atoms with Gasteiger partial charge in [0, 0.05) is 19.1 Å². The highest BCUT2D eigenvalue weighted by molar-refractivity contribution is 6.20. The number of hydrogen-bond donors (Lipinski definition) is 0. The van der Waals surface area contributed by atoms with Crippen LogP contribution in [-0.2, 0) is 14.2 Å². The van der Waals surface area contributed by atoms with Gasteiger partial charge in [-0.3, -0.25) is 0 Å². The van der Waals surface area contributed by atoms with Gasteiger partial charge in [-0.1, -0.05) is 13.3 Å². The molecule has 0 radical (unpaired) electrons. The van der Waals surface area contributed by atoms with Crippen molar-refractivity contribution in [2.45, 2.75) is 32.1 Å². The summed E-state index contributed by atoms with van der Waals surface area (Å²) in [5, 5.41) is 0.228. The first-order valence-corrected chi connectivity index (χ1v) is 6.44. The van der Waals surface area contributed by atoms with Crippen molar-refractivity contribution in [3.63, 3.8) is 0 Å². The van der Waals surface area contributed by atoms with Crippen LogP contribution in [0.1, 0.15) is 26.7 Å². The van der Waals surface area contributed by atoms with Crippen LogP contribution in [0.2, 0.25) is 0 Å². The van der Waals surface area contributed by atoms with Crippen LogP contribution in [0.3, 0.4) is 0 Å². The van der Waals surface area contributed by atoms with E-state index in [1.54, 1.807) is 7.11 Å². The molecule has 2 unspecified atom stereocenters. The Morgan fingerprint density at radius 2 is 1.56 bits per heavy atom. The van der Waals surface area contributed by atoms with E-state index in [1.807, 2.05) is 6.92 Å². The molecule has 0 saturated carbocycles. The van der Waals surface area contributed by atoms with Crippen molar-refractivity contribution in [1.29, 1.82) is 0 Å². The van der Waals surface area contributed by atoms with E-state index in [9.17, 15) is 0 Å². The van der Waals surface area contributed by atoms with Gasteiger partial charge < -0.3 is 14.2 Å². The summed E-state index contributed by atoms with van der Waals surface area (Å²) in [6.45, 7) is 7.54. The van der Waals surface area contributed by atoms with Crippen LogP contribution < -0.4 is 0 Å². The minimum absolute atomic E-state index is 0.228. The van der Waals surface area contributed by atoms with E-state index in [0.29, 0.717) is 32.3 Å². The lowest BCUT2D eigenvalue weighted by molar-refractivity contribution is 0.0217. The van der Waals surface area contributed by atoms with Gasteiger partial charge in [-0.05, 0) is 19.3 Å². The predicted molar refractivity (Wildman–Crippen MR) is 67.2 cm³/mol. The Morgan fingerprint density at radius 3 is 2.06 bits per heavy atom. The maximum atomic E-state index is 6.05. The normalized spacial score (nSPS) is 15.0. The van der Waals surface area contributed by atoms with Crippen LogP contribution in [-0.4, -0.2) is 45.5 Å². The molecule has 0 aromatic heterocycles. The van der Waals surface area contributed by atoms with Gasteiger partial charge in [0.05, 0.1) is 26.4 Å². The number of hydrogen-bond acceptors (Lipinski definition) is 3. The molecule has 98 valence electrons. The quantitative estimate of drug-likeness (QED) is 0.418. The van der Waals surface area contributed by atoms with E-state index in [0.717, 1.165) is 19.4 Å². The number of halogens is 1. The van der Waals surface area contributed by atoms with Crippen molar-refractivity contribution in [2.75, 3.05) is 40.1 Å². The van der Waals surface area contributed by atoms with Gasteiger partial charge in [-0.15, -0.1) is 11.6 Å². The van der Waals surface area contributed by atoms with Crippen molar-refractivity contribution in [3.8, 4) is 0 Å². The van der Waals surface area contributed by atoms with E-state index in [4.69, 9.17) is 25.8 Å². The Labute approximate surface area is 104 Å². The Balaban J connectivity index is 3.19. The topological polar surface area (TPSA) is 27.7 Å². The van der Waals surface area contributed by atoms with Crippen LogP contribution in [0.15, 0.2) is 0 Å². The zero-order chi connectivity index (χ0) is 12.2. The maximum Gasteiger partial charge on any atom is 0.0701 e. The molecular weight excluding hydrogens is 228 g/mol. The van der Waals surface area contributed by atoms with Crippen LogP contribution >= 0.6 is 11.6 Å². The number of methoxy groups -OCH3 is 1. The molecule has 0 fully saturated rings. The third kappa shape index (κ3) is 9.40. The molecule has 0 amide bonds. The summed E-state index contributed by atoms with van der Waals surface area (Å²) in [5.74, 6) is 0.552. The van der Waals surface area contributed by atoms with Gasteiger partial charge in [-0.2, -0.15) is 0 Å². The minimum atomic E-state index is 0.228. The lowest BCUT2D eigenvalue weighted by Crippen LogP contribution is -2.15. The summed E-state index contributed by atoms with van der Waals surface area (Å²) < 4.78 is 15.6. The van der Waals surface area contributed by atoms with Gasteiger partial charge in [0.15, 0.2) is 0 Å². The highest BCUT2D eigenvalue weighted by Crippen LogP contribution is 2.17. The first kappa shape index (κ1) is 16.2. The highest BCUT2D eigenvalue weighted by Gasteiger charge is 2.11. The summed E-state index contributed by atoms with van der Waals surface area (Å²) in [5.41, 5.74) is 0. The molecule has 0 bridgehead atoms. The molecule has 16 heavy (non-hydrogen) atoms. The lowest BCUT2D eigenvalue weighted by Gasteiger charge is -2.16. The SMILES string of the molecule is CCC(CCOCCOCCOC)C(C)Cl. The van der Waals surface area contributed by atoms with E-state index >= 15 is 0 Å². The summed E-state index contributed by atoms with van der Waals surface area (Å²) in [7, 11) is 1.66.